The van der Waals surface area contributed by atoms with Crippen LogP contribution in [0, 0.1) is 5.92 Å². The van der Waals surface area contributed by atoms with E-state index >= 15 is 0 Å². The highest BCUT2D eigenvalue weighted by Gasteiger charge is 2.38. The maximum absolute atomic E-state index is 12.7. The lowest BCUT2D eigenvalue weighted by Crippen LogP contribution is -2.38. The van der Waals surface area contributed by atoms with Crippen LogP contribution in [0.2, 0.25) is 0 Å². The van der Waals surface area contributed by atoms with Gasteiger partial charge in [-0.2, -0.15) is 0 Å². The van der Waals surface area contributed by atoms with Crippen molar-refractivity contribution >= 4 is 11.9 Å². The summed E-state index contributed by atoms with van der Waals surface area (Å²) in [5, 5.41) is 0. The van der Waals surface area contributed by atoms with E-state index in [2.05, 4.69) is 29.2 Å². The molecule has 0 amide bonds. The predicted octanol–water partition coefficient (Wildman–Crippen LogP) is 4.43. The highest BCUT2D eigenvalue weighted by atomic mass is 16.5. The summed E-state index contributed by atoms with van der Waals surface area (Å²) < 4.78 is 10.00. The number of hydrogen-bond acceptors (Lipinski definition) is 5. The summed E-state index contributed by atoms with van der Waals surface area (Å²) >= 11 is 0. The molecule has 0 aliphatic carbocycles. The quantitative estimate of drug-likeness (QED) is 0.351. The van der Waals surface area contributed by atoms with Gasteiger partial charge in [0.2, 0.25) is 0 Å². The van der Waals surface area contributed by atoms with E-state index in [1.807, 2.05) is 66.7 Å². The normalized spacial score (nSPS) is 11.9. The molecule has 0 radical (unpaired) electrons. The number of esters is 2. The molecule has 3 rings (SSSR count). The van der Waals surface area contributed by atoms with Gasteiger partial charge in [0, 0.05) is 25.6 Å². The van der Waals surface area contributed by atoms with Gasteiger partial charge in [-0.25, -0.2) is 0 Å². The van der Waals surface area contributed by atoms with E-state index in [0.717, 1.165) is 16.7 Å². The summed E-state index contributed by atoms with van der Waals surface area (Å²) in [4.78, 5) is 27.6. The van der Waals surface area contributed by atoms with Gasteiger partial charge in [-0.3, -0.25) is 14.5 Å². The summed E-state index contributed by atoms with van der Waals surface area (Å²) in [5.41, 5.74) is 3.20. The molecule has 0 aromatic heterocycles. The zero-order chi connectivity index (χ0) is 22.8. The molecule has 32 heavy (non-hydrogen) atoms. The lowest BCUT2D eigenvalue weighted by Gasteiger charge is -2.31. The van der Waals surface area contributed by atoms with Crippen LogP contribution in [0.25, 0.3) is 0 Å². The molecule has 0 unspecified atom stereocenters. The Morgan fingerprint density at radius 1 is 0.688 bits per heavy atom. The molecule has 0 heterocycles. The topological polar surface area (TPSA) is 55.8 Å². The van der Waals surface area contributed by atoms with Gasteiger partial charge in [0.15, 0.2) is 5.92 Å². The van der Waals surface area contributed by atoms with Gasteiger partial charge in [0.1, 0.15) is 0 Å². The van der Waals surface area contributed by atoms with E-state index in [1.54, 1.807) is 0 Å². The molecular weight excluding hydrogens is 402 g/mol. The van der Waals surface area contributed by atoms with Crippen molar-refractivity contribution in [3.05, 3.63) is 108 Å². The Hall–Kier alpha value is -3.44. The number of hydrogen-bond donors (Lipinski definition) is 0. The molecule has 0 spiro atoms. The number of carbonyl (C=O) groups is 2. The van der Waals surface area contributed by atoms with E-state index in [9.17, 15) is 9.59 Å². The largest absolute Gasteiger partial charge is 0.468 e. The first-order valence-corrected chi connectivity index (χ1v) is 10.6. The van der Waals surface area contributed by atoms with Crippen LogP contribution in [-0.2, 0) is 32.2 Å². The number of nitrogens with zero attached hydrogens (tertiary/aromatic N) is 1. The maximum atomic E-state index is 12.7. The van der Waals surface area contributed by atoms with Crippen molar-refractivity contribution in [1.82, 2.24) is 4.90 Å². The highest BCUT2D eigenvalue weighted by molar-refractivity contribution is 5.96. The minimum Gasteiger partial charge on any atom is -0.468 e. The summed E-state index contributed by atoms with van der Waals surface area (Å²) in [5.74, 6) is -2.67. The molecule has 0 aliphatic heterocycles. The molecule has 0 fully saturated rings. The van der Waals surface area contributed by atoms with E-state index < -0.39 is 23.8 Å². The fraction of sp³-hybridized carbons (Fsp3) is 0.259. The fourth-order valence-corrected chi connectivity index (χ4v) is 3.93. The van der Waals surface area contributed by atoms with Crippen LogP contribution in [0.5, 0.6) is 0 Å². The van der Waals surface area contributed by atoms with Gasteiger partial charge in [-0.05, 0) is 16.7 Å². The molecule has 0 bridgehead atoms. The second-order valence-corrected chi connectivity index (χ2v) is 7.68. The molecule has 1 atom stereocenters. The molecule has 5 heteroatoms. The molecule has 0 saturated heterocycles. The van der Waals surface area contributed by atoms with Crippen molar-refractivity contribution < 1.29 is 19.1 Å². The van der Waals surface area contributed by atoms with Gasteiger partial charge in [-0.1, -0.05) is 91.0 Å². The monoisotopic (exact) mass is 431 g/mol. The SMILES string of the molecule is COC(=O)C(C(=O)OC)[C@@H](CN(Cc1ccccc1)Cc1ccccc1)c1ccccc1. The average molecular weight is 432 g/mol. The lowest BCUT2D eigenvalue weighted by atomic mass is 9.85. The van der Waals surface area contributed by atoms with Crippen LogP contribution < -0.4 is 0 Å². The first-order valence-electron chi connectivity index (χ1n) is 10.6. The molecule has 0 aliphatic rings. The zero-order valence-electron chi connectivity index (χ0n) is 18.5. The van der Waals surface area contributed by atoms with E-state index in [1.165, 1.54) is 14.2 Å². The lowest BCUT2D eigenvalue weighted by molar-refractivity contribution is -0.160. The van der Waals surface area contributed by atoms with Crippen molar-refractivity contribution in [2.45, 2.75) is 19.0 Å². The molecule has 0 N–H and O–H groups in total. The number of carbonyl (C=O) groups excluding carboxylic acids is 2. The number of methoxy groups -OCH3 is 2. The Balaban J connectivity index is 1.97. The molecule has 3 aromatic carbocycles. The van der Waals surface area contributed by atoms with Gasteiger partial charge in [0.05, 0.1) is 14.2 Å². The van der Waals surface area contributed by atoms with Gasteiger partial charge in [0.25, 0.3) is 0 Å². The maximum Gasteiger partial charge on any atom is 0.320 e. The summed E-state index contributed by atoms with van der Waals surface area (Å²) in [6, 6.07) is 29.9. The third-order valence-corrected chi connectivity index (χ3v) is 5.49. The van der Waals surface area contributed by atoms with Crippen LogP contribution >= 0.6 is 0 Å². The minimum atomic E-state index is -1.05. The third kappa shape index (κ3) is 6.28. The zero-order valence-corrected chi connectivity index (χ0v) is 18.5. The van der Waals surface area contributed by atoms with Crippen molar-refractivity contribution in [2.75, 3.05) is 20.8 Å². The predicted molar refractivity (Wildman–Crippen MR) is 124 cm³/mol. The molecular formula is C27H29NO4. The summed E-state index contributed by atoms with van der Waals surface area (Å²) in [6.45, 7) is 1.82. The Kier molecular flexibility index (Phi) is 8.58. The second kappa shape index (κ2) is 11.8. The number of rotatable bonds is 10. The number of benzene rings is 3. The van der Waals surface area contributed by atoms with Crippen LogP contribution in [0.3, 0.4) is 0 Å². The second-order valence-electron chi connectivity index (χ2n) is 7.68. The van der Waals surface area contributed by atoms with Crippen LogP contribution in [0.1, 0.15) is 22.6 Å². The van der Waals surface area contributed by atoms with Gasteiger partial charge >= 0.3 is 11.9 Å². The summed E-state index contributed by atoms with van der Waals surface area (Å²) in [7, 11) is 2.60. The van der Waals surface area contributed by atoms with Crippen molar-refractivity contribution in [3.8, 4) is 0 Å². The van der Waals surface area contributed by atoms with Gasteiger partial charge < -0.3 is 9.47 Å². The molecule has 0 saturated carbocycles. The standard InChI is InChI=1S/C27H29NO4/c1-31-26(29)25(27(30)32-2)24(23-16-10-5-11-17-23)20-28(18-21-12-6-3-7-13-21)19-22-14-8-4-9-15-22/h3-17,24-25H,18-20H2,1-2H3/t24-/m0/s1. The smallest absolute Gasteiger partial charge is 0.320 e. The van der Waals surface area contributed by atoms with Crippen molar-refractivity contribution in [2.24, 2.45) is 5.92 Å². The van der Waals surface area contributed by atoms with Crippen LogP contribution in [0.4, 0.5) is 0 Å². The van der Waals surface area contributed by atoms with Gasteiger partial charge in [-0.15, -0.1) is 0 Å². The van der Waals surface area contributed by atoms with E-state index in [4.69, 9.17) is 9.47 Å². The Labute approximate surface area is 189 Å². The average Bonchev–Trinajstić information content (AvgIpc) is 2.85. The first kappa shape index (κ1) is 23.2. The van der Waals surface area contributed by atoms with Crippen LogP contribution in [0.15, 0.2) is 91.0 Å². The fourth-order valence-electron chi connectivity index (χ4n) is 3.93. The first-order chi connectivity index (χ1) is 15.6. The molecule has 166 valence electrons. The Bertz CT molecular complexity index is 919. The molecule has 3 aromatic rings. The Morgan fingerprint density at radius 2 is 1.09 bits per heavy atom. The Morgan fingerprint density at radius 3 is 1.50 bits per heavy atom. The number of ether oxygens (including phenoxy) is 2. The molecule has 5 nitrogen and oxygen atoms in total. The summed E-state index contributed by atoms with van der Waals surface area (Å²) in [6.07, 6.45) is 0. The van der Waals surface area contributed by atoms with E-state index in [-0.39, 0.29) is 0 Å². The highest BCUT2D eigenvalue weighted by Crippen LogP contribution is 2.29. The minimum absolute atomic E-state index is 0.427. The van der Waals surface area contributed by atoms with Crippen molar-refractivity contribution in [3.63, 3.8) is 0 Å². The van der Waals surface area contributed by atoms with Crippen LogP contribution in [-0.4, -0.2) is 37.6 Å². The van der Waals surface area contributed by atoms with Crippen molar-refractivity contribution in [1.29, 1.82) is 0 Å². The van der Waals surface area contributed by atoms with E-state index in [0.29, 0.717) is 19.6 Å². The third-order valence-electron chi connectivity index (χ3n) is 5.49.